The molecule has 0 saturated carbocycles. The van der Waals surface area contributed by atoms with Crippen LogP contribution in [0, 0.1) is 0 Å². The number of unbranched alkanes of at least 4 members (excludes halogenated alkanes) is 5. The number of aryl methyl sites for hydroxylation is 2. The van der Waals surface area contributed by atoms with E-state index in [2.05, 4.69) is 77.7 Å². The molecule has 4 rings (SSSR count). The van der Waals surface area contributed by atoms with Crippen molar-refractivity contribution in [3.8, 4) is 22.6 Å². The highest BCUT2D eigenvalue weighted by atomic mass is 16.5. The molecule has 4 aromatic rings. The Balaban J connectivity index is 1.25. The summed E-state index contributed by atoms with van der Waals surface area (Å²) in [6, 6.07) is 27.5. The minimum atomic E-state index is -0.0104. The molecule has 4 heteroatoms. The lowest BCUT2D eigenvalue weighted by molar-refractivity contribution is 0.421. The van der Waals surface area contributed by atoms with Crippen molar-refractivity contribution < 1.29 is 4.52 Å². The quantitative estimate of drug-likeness (QED) is 0.203. The summed E-state index contributed by atoms with van der Waals surface area (Å²) in [5.74, 6) is 1.39. The molecule has 1 heterocycles. The maximum Gasteiger partial charge on any atom is 0.257 e. The van der Waals surface area contributed by atoms with E-state index in [0.717, 1.165) is 42.6 Å². The van der Waals surface area contributed by atoms with Crippen molar-refractivity contribution >= 4 is 0 Å². The lowest BCUT2D eigenvalue weighted by Gasteiger charge is -2.12. The van der Waals surface area contributed by atoms with Crippen LogP contribution < -0.4 is 5.73 Å². The summed E-state index contributed by atoms with van der Waals surface area (Å²) >= 11 is 0. The van der Waals surface area contributed by atoms with Crippen molar-refractivity contribution in [3.05, 3.63) is 95.8 Å². The molecule has 0 fully saturated rings. The first kappa shape index (κ1) is 24.9. The summed E-state index contributed by atoms with van der Waals surface area (Å²) in [4.78, 5) is 4.58. The van der Waals surface area contributed by atoms with Gasteiger partial charge in [-0.05, 0) is 53.6 Å². The summed E-state index contributed by atoms with van der Waals surface area (Å²) in [5, 5.41) is 4.16. The molecule has 0 bridgehead atoms. The van der Waals surface area contributed by atoms with Crippen molar-refractivity contribution in [1.29, 1.82) is 0 Å². The second-order valence-corrected chi connectivity index (χ2v) is 9.36. The van der Waals surface area contributed by atoms with E-state index >= 15 is 0 Å². The fourth-order valence-corrected chi connectivity index (χ4v) is 4.39. The average Bonchev–Trinajstić information content (AvgIpc) is 3.39. The van der Waals surface area contributed by atoms with Gasteiger partial charge in [0.2, 0.25) is 0 Å². The molecule has 0 saturated heterocycles. The first-order valence-corrected chi connectivity index (χ1v) is 13.1. The van der Waals surface area contributed by atoms with E-state index in [9.17, 15) is 0 Å². The monoisotopic (exact) mass is 467 g/mol. The van der Waals surface area contributed by atoms with Crippen molar-refractivity contribution in [2.75, 3.05) is 0 Å². The van der Waals surface area contributed by atoms with E-state index in [1.165, 1.54) is 48.8 Å². The SMILES string of the molecule is CCCCCCCCc1noc(-c2ccc(C(N)CCc3ccc(-c4ccccc4)cc3)cc2)n1. The van der Waals surface area contributed by atoms with Gasteiger partial charge in [-0.25, -0.2) is 0 Å². The van der Waals surface area contributed by atoms with Crippen LogP contribution in [0.15, 0.2) is 83.4 Å². The van der Waals surface area contributed by atoms with Gasteiger partial charge in [0.25, 0.3) is 5.89 Å². The summed E-state index contributed by atoms with van der Waals surface area (Å²) in [7, 11) is 0. The van der Waals surface area contributed by atoms with Crippen LogP contribution in [0.5, 0.6) is 0 Å². The number of nitrogens with zero attached hydrogens (tertiary/aromatic N) is 2. The van der Waals surface area contributed by atoms with Crippen LogP contribution in [-0.2, 0) is 12.8 Å². The molecule has 4 nitrogen and oxygen atoms in total. The molecule has 2 N–H and O–H groups in total. The minimum absolute atomic E-state index is 0.0104. The Morgan fingerprint density at radius 1 is 0.714 bits per heavy atom. The number of nitrogens with two attached hydrogens (primary N) is 1. The minimum Gasteiger partial charge on any atom is -0.334 e. The predicted octanol–water partition coefficient (Wildman–Crippen LogP) is 7.94. The fourth-order valence-electron chi connectivity index (χ4n) is 4.39. The van der Waals surface area contributed by atoms with E-state index in [0.29, 0.717) is 5.89 Å². The number of aromatic nitrogens is 2. The van der Waals surface area contributed by atoms with Crippen molar-refractivity contribution in [2.24, 2.45) is 5.73 Å². The van der Waals surface area contributed by atoms with E-state index in [4.69, 9.17) is 10.3 Å². The van der Waals surface area contributed by atoms with Crippen LogP contribution in [0.2, 0.25) is 0 Å². The topological polar surface area (TPSA) is 64.9 Å². The molecule has 182 valence electrons. The normalized spacial score (nSPS) is 12.1. The van der Waals surface area contributed by atoms with Gasteiger partial charge < -0.3 is 10.3 Å². The zero-order valence-electron chi connectivity index (χ0n) is 20.8. The third-order valence-corrected chi connectivity index (χ3v) is 6.61. The van der Waals surface area contributed by atoms with Gasteiger partial charge in [-0.15, -0.1) is 0 Å². The zero-order valence-corrected chi connectivity index (χ0v) is 20.8. The number of rotatable bonds is 13. The molecule has 3 aromatic carbocycles. The lowest BCUT2D eigenvalue weighted by Crippen LogP contribution is -2.11. The predicted molar refractivity (Wildman–Crippen MR) is 144 cm³/mol. The largest absolute Gasteiger partial charge is 0.334 e. The molecule has 35 heavy (non-hydrogen) atoms. The van der Waals surface area contributed by atoms with Crippen LogP contribution >= 0.6 is 0 Å². The third-order valence-electron chi connectivity index (χ3n) is 6.61. The van der Waals surface area contributed by atoms with Gasteiger partial charge in [0, 0.05) is 18.0 Å². The van der Waals surface area contributed by atoms with Crippen LogP contribution in [0.25, 0.3) is 22.6 Å². The van der Waals surface area contributed by atoms with E-state index in [1.54, 1.807) is 0 Å². The van der Waals surface area contributed by atoms with Gasteiger partial charge in [0.05, 0.1) is 0 Å². The highest BCUT2D eigenvalue weighted by Gasteiger charge is 2.11. The van der Waals surface area contributed by atoms with Gasteiger partial charge in [0.15, 0.2) is 5.82 Å². The van der Waals surface area contributed by atoms with Crippen LogP contribution in [0.4, 0.5) is 0 Å². The molecule has 0 spiro atoms. The Bertz CT molecular complexity index is 1130. The Hall–Kier alpha value is -3.24. The highest BCUT2D eigenvalue weighted by Crippen LogP contribution is 2.24. The molecular formula is C31H37N3O. The standard InChI is InChI=1S/C31H37N3O/c1-2-3-4-5-6-10-13-30-33-31(35-34-30)28-21-19-27(20-22-28)29(32)23-16-24-14-17-26(18-15-24)25-11-8-7-9-12-25/h7-9,11-12,14-15,17-22,29H,2-6,10,13,16,23,32H2,1H3. The smallest absolute Gasteiger partial charge is 0.257 e. The first-order valence-electron chi connectivity index (χ1n) is 13.1. The van der Waals surface area contributed by atoms with Gasteiger partial charge in [-0.1, -0.05) is 111 Å². The Morgan fingerprint density at radius 3 is 2.11 bits per heavy atom. The van der Waals surface area contributed by atoms with Crippen LogP contribution in [0.1, 0.15) is 74.9 Å². The molecular weight excluding hydrogens is 430 g/mol. The molecule has 0 amide bonds. The molecule has 0 aliphatic heterocycles. The van der Waals surface area contributed by atoms with Gasteiger partial charge in [-0.2, -0.15) is 4.98 Å². The fraction of sp³-hybridized carbons (Fsp3) is 0.355. The zero-order chi connectivity index (χ0) is 24.3. The van der Waals surface area contributed by atoms with Gasteiger partial charge >= 0.3 is 0 Å². The highest BCUT2D eigenvalue weighted by molar-refractivity contribution is 5.63. The molecule has 0 aliphatic rings. The average molecular weight is 468 g/mol. The molecule has 0 aliphatic carbocycles. The Labute approximate surface area is 209 Å². The summed E-state index contributed by atoms with van der Waals surface area (Å²) in [5.41, 5.74) is 12.4. The van der Waals surface area contributed by atoms with Gasteiger partial charge in [0.1, 0.15) is 0 Å². The van der Waals surface area contributed by atoms with Gasteiger partial charge in [-0.3, -0.25) is 0 Å². The van der Waals surface area contributed by atoms with Crippen LogP contribution in [0.3, 0.4) is 0 Å². The molecule has 1 unspecified atom stereocenters. The molecule has 1 aromatic heterocycles. The maximum absolute atomic E-state index is 6.50. The van der Waals surface area contributed by atoms with E-state index in [1.807, 2.05) is 18.2 Å². The summed E-state index contributed by atoms with van der Waals surface area (Å²) < 4.78 is 5.50. The van der Waals surface area contributed by atoms with Crippen molar-refractivity contribution in [1.82, 2.24) is 10.1 Å². The summed E-state index contributed by atoms with van der Waals surface area (Å²) in [6.45, 7) is 2.24. The number of hydrogen-bond acceptors (Lipinski definition) is 4. The van der Waals surface area contributed by atoms with E-state index < -0.39 is 0 Å². The lowest BCUT2D eigenvalue weighted by atomic mass is 9.97. The maximum atomic E-state index is 6.50. The van der Waals surface area contributed by atoms with Crippen LogP contribution in [-0.4, -0.2) is 10.1 Å². The second kappa shape index (κ2) is 13.0. The van der Waals surface area contributed by atoms with Crippen molar-refractivity contribution in [3.63, 3.8) is 0 Å². The van der Waals surface area contributed by atoms with Crippen molar-refractivity contribution in [2.45, 2.75) is 70.8 Å². The Morgan fingerprint density at radius 2 is 1.37 bits per heavy atom. The summed E-state index contributed by atoms with van der Waals surface area (Å²) in [6.07, 6.45) is 10.3. The first-order chi connectivity index (χ1) is 17.2. The molecule has 1 atom stereocenters. The third kappa shape index (κ3) is 7.37. The van der Waals surface area contributed by atoms with E-state index in [-0.39, 0.29) is 6.04 Å². The number of hydrogen-bond donors (Lipinski definition) is 1. The Kier molecular flexibility index (Phi) is 9.24. The number of benzene rings is 3. The molecule has 0 radical (unpaired) electrons. The second-order valence-electron chi connectivity index (χ2n) is 9.36.